The van der Waals surface area contributed by atoms with Crippen molar-refractivity contribution in [2.75, 3.05) is 0 Å². The molecule has 1 aromatic carbocycles. The zero-order chi connectivity index (χ0) is 18.4. The summed E-state index contributed by atoms with van der Waals surface area (Å²) in [6.07, 6.45) is 3.92. The van der Waals surface area contributed by atoms with E-state index >= 15 is 0 Å². The van der Waals surface area contributed by atoms with Crippen molar-refractivity contribution in [1.82, 2.24) is 0 Å². The number of allylic oxidation sites excluding steroid dienone is 1. The fourth-order valence-electron chi connectivity index (χ4n) is 3.49. The van der Waals surface area contributed by atoms with Gasteiger partial charge in [-0.05, 0) is 52.2 Å². The largest absolute Gasteiger partial charge is 0.460 e. The number of carbonyl (C=O) groups excluding carboxylic acids is 1. The van der Waals surface area contributed by atoms with Crippen LogP contribution in [0.4, 0.5) is 0 Å². The first kappa shape index (κ1) is 18.1. The lowest BCUT2D eigenvalue weighted by molar-refractivity contribution is -0.163. The zero-order valence-electron chi connectivity index (χ0n) is 14.9. The highest BCUT2D eigenvalue weighted by atomic mass is 32.2. The maximum atomic E-state index is 12.6. The van der Waals surface area contributed by atoms with Gasteiger partial charge in [-0.3, -0.25) is 8.98 Å². The van der Waals surface area contributed by atoms with Crippen molar-refractivity contribution in [3.05, 3.63) is 42.0 Å². The third kappa shape index (κ3) is 3.80. The number of hydrogen-bond donors (Lipinski definition) is 0. The van der Waals surface area contributed by atoms with Gasteiger partial charge in [-0.2, -0.15) is 8.42 Å². The van der Waals surface area contributed by atoms with Crippen LogP contribution in [0.5, 0.6) is 0 Å². The molecule has 136 valence electrons. The number of esters is 1. The van der Waals surface area contributed by atoms with Crippen LogP contribution in [0, 0.1) is 24.7 Å². The number of hydrogen-bond acceptors (Lipinski definition) is 5. The normalized spacial score (nSPS) is 28.3. The van der Waals surface area contributed by atoms with Crippen molar-refractivity contribution in [2.45, 2.75) is 50.7 Å². The molecule has 0 saturated heterocycles. The van der Waals surface area contributed by atoms with Gasteiger partial charge in [0.2, 0.25) is 0 Å². The average Bonchev–Trinajstić information content (AvgIpc) is 3.06. The van der Waals surface area contributed by atoms with Gasteiger partial charge >= 0.3 is 5.97 Å². The van der Waals surface area contributed by atoms with Crippen LogP contribution >= 0.6 is 0 Å². The maximum absolute atomic E-state index is 12.6. The molecule has 4 atom stereocenters. The van der Waals surface area contributed by atoms with Gasteiger partial charge in [0, 0.05) is 5.92 Å². The molecule has 3 rings (SSSR count). The van der Waals surface area contributed by atoms with Crippen LogP contribution in [0.1, 0.15) is 32.8 Å². The molecule has 2 aliphatic carbocycles. The fourth-order valence-corrected chi connectivity index (χ4v) is 4.63. The first-order valence-electron chi connectivity index (χ1n) is 8.48. The Kier molecular flexibility index (Phi) is 4.54. The molecule has 0 amide bonds. The van der Waals surface area contributed by atoms with Gasteiger partial charge in [0.25, 0.3) is 10.1 Å². The molecule has 6 heteroatoms. The van der Waals surface area contributed by atoms with Crippen molar-refractivity contribution < 1.29 is 22.1 Å². The predicted octanol–water partition coefficient (Wildman–Crippen LogP) is 3.23. The van der Waals surface area contributed by atoms with E-state index in [4.69, 9.17) is 8.92 Å². The van der Waals surface area contributed by atoms with Crippen molar-refractivity contribution in [1.29, 1.82) is 0 Å². The minimum absolute atomic E-state index is 0.0296. The second-order valence-electron chi connectivity index (χ2n) is 7.84. The summed E-state index contributed by atoms with van der Waals surface area (Å²) in [5.74, 6) is -1.09. The van der Waals surface area contributed by atoms with Crippen molar-refractivity contribution >= 4 is 16.1 Å². The molecule has 5 nitrogen and oxygen atoms in total. The SMILES string of the molecule is Cc1ccc(S(=O)(=O)OC2C3C=CC(C3)C2C(=O)OC(C)(C)C)cc1. The van der Waals surface area contributed by atoms with Crippen LogP contribution in [-0.4, -0.2) is 26.1 Å². The second-order valence-corrected chi connectivity index (χ2v) is 9.41. The standard InChI is InChI=1S/C19H24O5S/c1-12-5-9-15(10-6-12)25(21,22)24-17-14-8-7-13(11-14)16(17)18(20)23-19(2,3)4/h5-10,13-14,16-17H,11H2,1-4H3. The van der Waals surface area contributed by atoms with Crippen molar-refractivity contribution in [2.24, 2.45) is 17.8 Å². The Labute approximate surface area is 149 Å². The summed E-state index contributed by atoms with van der Waals surface area (Å²) in [5, 5.41) is 0. The first-order chi connectivity index (χ1) is 11.6. The Bertz CT molecular complexity index is 786. The number of fused-ring (bicyclic) bond motifs is 2. The van der Waals surface area contributed by atoms with Crippen LogP contribution in [0.15, 0.2) is 41.3 Å². The highest BCUT2D eigenvalue weighted by Gasteiger charge is 2.52. The Morgan fingerprint density at radius 2 is 1.68 bits per heavy atom. The Morgan fingerprint density at radius 3 is 2.28 bits per heavy atom. The molecule has 0 heterocycles. The van der Waals surface area contributed by atoms with Gasteiger partial charge in [0.1, 0.15) is 5.60 Å². The van der Waals surface area contributed by atoms with E-state index in [-0.39, 0.29) is 16.7 Å². The first-order valence-corrected chi connectivity index (χ1v) is 9.89. The monoisotopic (exact) mass is 364 g/mol. The number of rotatable bonds is 4. The van der Waals surface area contributed by atoms with Crippen LogP contribution < -0.4 is 0 Å². The van der Waals surface area contributed by atoms with Crippen LogP contribution in [0.25, 0.3) is 0 Å². The average molecular weight is 364 g/mol. The third-order valence-corrected chi connectivity index (χ3v) is 5.94. The summed E-state index contributed by atoms with van der Waals surface area (Å²) in [4.78, 5) is 12.7. The Balaban J connectivity index is 1.83. The van der Waals surface area contributed by atoms with E-state index in [2.05, 4.69) is 0 Å². The minimum atomic E-state index is -3.93. The molecule has 25 heavy (non-hydrogen) atoms. The molecule has 4 unspecified atom stereocenters. The van der Waals surface area contributed by atoms with E-state index < -0.39 is 33.7 Å². The lowest BCUT2D eigenvalue weighted by Crippen LogP contribution is -2.39. The summed E-state index contributed by atoms with van der Waals surface area (Å²) >= 11 is 0. The van der Waals surface area contributed by atoms with E-state index in [1.54, 1.807) is 32.9 Å². The molecule has 0 aliphatic heterocycles. The topological polar surface area (TPSA) is 69.7 Å². The second kappa shape index (κ2) is 6.25. The molecule has 1 aromatic rings. The number of ether oxygens (including phenoxy) is 1. The predicted molar refractivity (Wildman–Crippen MR) is 93.3 cm³/mol. The quantitative estimate of drug-likeness (QED) is 0.466. The summed E-state index contributed by atoms with van der Waals surface area (Å²) < 4.78 is 36.3. The number of carbonyl (C=O) groups is 1. The van der Waals surface area contributed by atoms with Gasteiger partial charge in [0.05, 0.1) is 16.9 Å². The van der Waals surface area contributed by atoms with Gasteiger partial charge in [-0.1, -0.05) is 29.8 Å². The van der Waals surface area contributed by atoms with Gasteiger partial charge in [-0.15, -0.1) is 0 Å². The summed E-state index contributed by atoms with van der Waals surface area (Å²) in [5.41, 5.74) is 0.344. The smallest absolute Gasteiger partial charge is 0.312 e. The molecular weight excluding hydrogens is 340 g/mol. The Hall–Kier alpha value is -1.66. The lowest BCUT2D eigenvalue weighted by atomic mass is 9.91. The van der Waals surface area contributed by atoms with E-state index in [0.29, 0.717) is 0 Å². The van der Waals surface area contributed by atoms with E-state index in [1.807, 2.05) is 19.1 Å². The van der Waals surface area contributed by atoms with Gasteiger partial charge in [0.15, 0.2) is 0 Å². The van der Waals surface area contributed by atoms with E-state index in [9.17, 15) is 13.2 Å². The molecule has 2 bridgehead atoms. The van der Waals surface area contributed by atoms with Crippen LogP contribution in [0.2, 0.25) is 0 Å². The van der Waals surface area contributed by atoms with E-state index in [1.165, 1.54) is 12.1 Å². The summed E-state index contributed by atoms with van der Waals surface area (Å²) in [6.45, 7) is 7.28. The molecular formula is C19H24O5S. The molecule has 0 radical (unpaired) electrons. The molecule has 0 aromatic heterocycles. The molecule has 0 spiro atoms. The van der Waals surface area contributed by atoms with Gasteiger partial charge < -0.3 is 4.74 Å². The van der Waals surface area contributed by atoms with Crippen molar-refractivity contribution in [3.63, 3.8) is 0 Å². The molecule has 1 fully saturated rings. The third-order valence-electron chi connectivity index (χ3n) is 4.61. The van der Waals surface area contributed by atoms with Crippen molar-refractivity contribution in [3.8, 4) is 0 Å². The molecule has 0 N–H and O–H groups in total. The number of benzene rings is 1. The van der Waals surface area contributed by atoms with Crippen LogP contribution in [-0.2, 0) is 23.8 Å². The zero-order valence-corrected chi connectivity index (χ0v) is 15.7. The fraction of sp³-hybridized carbons (Fsp3) is 0.526. The summed E-state index contributed by atoms with van der Waals surface area (Å²) in [6, 6.07) is 6.50. The minimum Gasteiger partial charge on any atom is -0.460 e. The highest BCUT2D eigenvalue weighted by Crippen LogP contribution is 2.47. The van der Waals surface area contributed by atoms with Gasteiger partial charge in [-0.25, -0.2) is 0 Å². The Morgan fingerprint density at radius 1 is 1.08 bits per heavy atom. The van der Waals surface area contributed by atoms with E-state index in [0.717, 1.165) is 12.0 Å². The molecule has 2 aliphatic rings. The highest BCUT2D eigenvalue weighted by molar-refractivity contribution is 7.86. The number of aryl methyl sites for hydroxylation is 1. The van der Waals surface area contributed by atoms with Crippen LogP contribution in [0.3, 0.4) is 0 Å². The molecule has 1 saturated carbocycles. The lowest BCUT2D eigenvalue weighted by Gasteiger charge is -2.29. The maximum Gasteiger partial charge on any atom is 0.312 e. The summed E-state index contributed by atoms with van der Waals surface area (Å²) in [7, 11) is -3.93.